The second-order valence-corrected chi connectivity index (χ2v) is 6.71. The van der Waals surface area contributed by atoms with Crippen LogP contribution in [0, 0.1) is 0 Å². The van der Waals surface area contributed by atoms with Crippen molar-refractivity contribution in [2.24, 2.45) is 0 Å². The van der Waals surface area contributed by atoms with Crippen LogP contribution in [-0.2, 0) is 11.3 Å². The fourth-order valence-corrected chi connectivity index (χ4v) is 3.18. The third-order valence-corrected chi connectivity index (χ3v) is 5.01. The zero-order valence-electron chi connectivity index (χ0n) is 12.8. The molecule has 0 aliphatic rings. The summed E-state index contributed by atoms with van der Waals surface area (Å²) in [6.07, 6.45) is 1.89. The van der Waals surface area contributed by atoms with E-state index in [0.717, 1.165) is 17.3 Å². The molecule has 0 radical (unpaired) electrons. The number of rotatable bonds is 6. The molecule has 2 heterocycles. The average Bonchev–Trinajstić information content (AvgIpc) is 2.98. The number of fused-ring (bicyclic) bond motifs is 1. The molecular weight excluding hydrogens is 350 g/mol. The van der Waals surface area contributed by atoms with Crippen LogP contribution in [0.15, 0.2) is 35.6 Å². The lowest BCUT2D eigenvalue weighted by atomic mass is 10.2. The van der Waals surface area contributed by atoms with E-state index in [2.05, 4.69) is 20.3 Å². The van der Waals surface area contributed by atoms with Crippen molar-refractivity contribution in [3.05, 3.63) is 41.2 Å². The van der Waals surface area contributed by atoms with Crippen LogP contribution in [0.5, 0.6) is 0 Å². The molecule has 0 aliphatic carbocycles. The molecule has 3 aromatic rings. The van der Waals surface area contributed by atoms with Crippen molar-refractivity contribution >= 4 is 40.5 Å². The zero-order valence-corrected chi connectivity index (χ0v) is 14.3. The summed E-state index contributed by atoms with van der Waals surface area (Å²) in [7, 11) is 0. The first-order chi connectivity index (χ1) is 11.6. The van der Waals surface area contributed by atoms with Gasteiger partial charge in [-0.25, -0.2) is 14.6 Å². The van der Waals surface area contributed by atoms with Gasteiger partial charge in [-0.05, 0) is 24.1 Å². The second kappa shape index (κ2) is 7.14. The minimum Gasteiger partial charge on any atom is -0.480 e. The number of halogens is 1. The lowest BCUT2D eigenvalue weighted by Crippen LogP contribution is -2.15. The predicted octanol–water partition coefficient (Wildman–Crippen LogP) is 2.88. The Balaban J connectivity index is 1.91. The molecule has 2 aromatic heterocycles. The minimum absolute atomic E-state index is 0.490. The van der Waals surface area contributed by atoms with E-state index in [-0.39, 0.29) is 0 Å². The molecule has 0 aliphatic heterocycles. The van der Waals surface area contributed by atoms with Crippen molar-refractivity contribution in [1.29, 1.82) is 0 Å². The summed E-state index contributed by atoms with van der Waals surface area (Å²) in [5.74, 6) is -0.872. The highest BCUT2D eigenvalue weighted by molar-refractivity contribution is 8.00. The molecule has 0 spiro atoms. The van der Waals surface area contributed by atoms with Gasteiger partial charge in [0.1, 0.15) is 16.6 Å². The molecule has 0 fully saturated rings. The van der Waals surface area contributed by atoms with E-state index < -0.39 is 11.2 Å². The largest absolute Gasteiger partial charge is 0.480 e. The van der Waals surface area contributed by atoms with E-state index in [1.807, 2.05) is 31.2 Å². The van der Waals surface area contributed by atoms with Crippen LogP contribution >= 0.6 is 23.4 Å². The average molecular weight is 364 g/mol. The first kappa shape index (κ1) is 16.7. The standard InChI is InChI=1S/C15H14ClN5O2S/c1-2-11(15(22)23)24-14-12-13(17-8-18-14)21(20-19-12)7-9-3-5-10(16)6-4-9/h3-6,8,11H,2,7H2,1H3,(H,22,23)/t11-/m0/s1. The summed E-state index contributed by atoms with van der Waals surface area (Å²) < 4.78 is 1.66. The van der Waals surface area contributed by atoms with Gasteiger partial charge in [-0.2, -0.15) is 0 Å². The molecule has 1 aromatic carbocycles. The fraction of sp³-hybridized carbons (Fsp3) is 0.267. The van der Waals surface area contributed by atoms with E-state index in [4.69, 9.17) is 11.6 Å². The number of benzene rings is 1. The number of carbonyl (C=O) groups is 1. The number of carboxylic acid groups (broad SMARTS) is 1. The molecule has 0 unspecified atom stereocenters. The second-order valence-electron chi connectivity index (χ2n) is 5.08. The lowest BCUT2D eigenvalue weighted by molar-refractivity contribution is -0.136. The molecule has 0 bridgehead atoms. The van der Waals surface area contributed by atoms with E-state index >= 15 is 0 Å². The maximum atomic E-state index is 11.2. The van der Waals surface area contributed by atoms with Crippen molar-refractivity contribution < 1.29 is 9.90 Å². The van der Waals surface area contributed by atoms with Gasteiger partial charge in [0.25, 0.3) is 0 Å². The molecule has 7 nitrogen and oxygen atoms in total. The number of aromatic nitrogens is 5. The molecule has 1 N–H and O–H groups in total. The third-order valence-electron chi connectivity index (χ3n) is 3.41. The molecule has 0 saturated heterocycles. The smallest absolute Gasteiger partial charge is 0.317 e. The summed E-state index contributed by atoms with van der Waals surface area (Å²) in [6, 6.07) is 7.43. The van der Waals surface area contributed by atoms with Crippen LogP contribution in [0.3, 0.4) is 0 Å². The number of hydrogen-bond acceptors (Lipinski definition) is 6. The van der Waals surface area contributed by atoms with Crippen molar-refractivity contribution in [3.63, 3.8) is 0 Å². The molecule has 124 valence electrons. The van der Waals surface area contributed by atoms with Gasteiger partial charge >= 0.3 is 5.97 Å². The first-order valence-corrected chi connectivity index (χ1v) is 8.52. The van der Waals surface area contributed by atoms with E-state index in [1.165, 1.54) is 6.33 Å². The van der Waals surface area contributed by atoms with Crippen LogP contribution in [0.25, 0.3) is 11.2 Å². The molecule has 1 atom stereocenters. The highest BCUT2D eigenvalue weighted by Crippen LogP contribution is 2.28. The van der Waals surface area contributed by atoms with Gasteiger partial charge in [0.2, 0.25) is 0 Å². The Morgan fingerprint density at radius 2 is 2.08 bits per heavy atom. The maximum Gasteiger partial charge on any atom is 0.317 e. The fourth-order valence-electron chi connectivity index (χ4n) is 2.17. The summed E-state index contributed by atoms with van der Waals surface area (Å²) in [6.45, 7) is 2.31. The van der Waals surface area contributed by atoms with Crippen LogP contribution in [0.1, 0.15) is 18.9 Å². The number of aliphatic carboxylic acids is 1. The molecule has 24 heavy (non-hydrogen) atoms. The molecule has 3 rings (SSSR count). The van der Waals surface area contributed by atoms with Crippen LogP contribution in [0.2, 0.25) is 5.02 Å². The van der Waals surface area contributed by atoms with Gasteiger partial charge in [0.15, 0.2) is 11.2 Å². The van der Waals surface area contributed by atoms with Crippen molar-refractivity contribution in [3.8, 4) is 0 Å². The maximum absolute atomic E-state index is 11.2. The first-order valence-electron chi connectivity index (χ1n) is 7.26. The van der Waals surface area contributed by atoms with Crippen LogP contribution in [0.4, 0.5) is 0 Å². The zero-order chi connectivity index (χ0) is 17.1. The van der Waals surface area contributed by atoms with E-state index in [1.54, 1.807) is 4.68 Å². The Bertz CT molecular complexity index is 868. The topological polar surface area (TPSA) is 93.8 Å². The Hall–Kier alpha value is -2.19. The highest BCUT2D eigenvalue weighted by atomic mass is 35.5. The van der Waals surface area contributed by atoms with Gasteiger partial charge in [-0.1, -0.05) is 47.6 Å². The summed E-state index contributed by atoms with van der Waals surface area (Å²) in [5.41, 5.74) is 2.09. The number of carboxylic acids is 1. The normalized spacial score (nSPS) is 12.4. The Kier molecular flexibility index (Phi) is 4.96. The Morgan fingerprint density at radius 1 is 1.33 bits per heavy atom. The van der Waals surface area contributed by atoms with Crippen molar-refractivity contribution in [2.45, 2.75) is 30.2 Å². The monoisotopic (exact) mass is 363 g/mol. The van der Waals surface area contributed by atoms with E-state index in [0.29, 0.717) is 34.2 Å². The molecule has 0 saturated carbocycles. The van der Waals surface area contributed by atoms with Gasteiger partial charge in [-0.15, -0.1) is 5.10 Å². The van der Waals surface area contributed by atoms with Crippen LogP contribution in [-0.4, -0.2) is 41.3 Å². The van der Waals surface area contributed by atoms with Crippen LogP contribution < -0.4 is 0 Å². The number of nitrogens with zero attached hydrogens (tertiary/aromatic N) is 5. The van der Waals surface area contributed by atoms with Crippen molar-refractivity contribution in [2.75, 3.05) is 0 Å². The number of hydrogen-bond donors (Lipinski definition) is 1. The third kappa shape index (κ3) is 3.49. The van der Waals surface area contributed by atoms with Gasteiger partial charge in [0.05, 0.1) is 6.54 Å². The SMILES string of the molecule is CC[C@H](Sc1ncnc2c1nnn2Cc1ccc(Cl)cc1)C(=O)O. The number of thioether (sulfide) groups is 1. The summed E-state index contributed by atoms with van der Waals surface area (Å²) in [4.78, 5) is 19.6. The Labute approximate surface area is 147 Å². The molecule has 0 amide bonds. The lowest BCUT2D eigenvalue weighted by Gasteiger charge is -2.08. The van der Waals surface area contributed by atoms with Gasteiger partial charge in [-0.3, -0.25) is 4.79 Å². The van der Waals surface area contributed by atoms with E-state index in [9.17, 15) is 9.90 Å². The molecular formula is C15H14ClN5O2S. The summed E-state index contributed by atoms with van der Waals surface area (Å²) >= 11 is 7.05. The predicted molar refractivity (Wildman–Crippen MR) is 91.2 cm³/mol. The quantitative estimate of drug-likeness (QED) is 0.531. The summed E-state index contributed by atoms with van der Waals surface area (Å²) in [5, 5.41) is 18.1. The van der Waals surface area contributed by atoms with Gasteiger partial charge in [0, 0.05) is 5.02 Å². The molecule has 9 heteroatoms. The highest BCUT2D eigenvalue weighted by Gasteiger charge is 2.21. The van der Waals surface area contributed by atoms with Crippen molar-refractivity contribution in [1.82, 2.24) is 25.0 Å². The Morgan fingerprint density at radius 3 is 2.75 bits per heavy atom. The van der Waals surface area contributed by atoms with Gasteiger partial charge < -0.3 is 5.11 Å². The minimum atomic E-state index is -0.872.